The van der Waals surface area contributed by atoms with Gasteiger partial charge in [0.2, 0.25) is 0 Å². The van der Waals surface area contributed by atoms with E-state index in [1.165, 1.54) is 12.1 Å². The Labute approximate surface area is 111 Å². The van der Waals surface area contributed by atoms with Gasteiger partial charge in [-0.25, -0.2) is 4.39 Å². The smallest absolute Gasteiger partial charge is 0.123 e. The molecule has 2 aromatic rings. The van der Waals surface area contributed by atoms with E-state index >= 15 is 0 Å². The fraction of sp³-hybridized carbons (Fsp3) is 0.308. The first kappa shape index (κ1) is 13.1. The number of aryl methyl sites for hydroxylation is 1. The molecule has 0 aliphatic rings. The summed E-state index contributed by atoms with van der Waals surface area (Å²) in [6.45, 7) is 2.71. The standard InChI is InChI=1S/C13H15ClFN3/c1-3-18-13(11(14)8-17-18)12(16-2)9-5-4-6-10(15)7-9/h4-8,12,16H,3H2,1-2H3. The van der Waals surface area contributed by atoms with E-state index in [0.717, 1.165) is 17.8 Å². The first-order valence-electron chi connectivity index (χ1n) is 5.81. The third-order valence-electron chi connectivity index (χ3n) is 2.88. The third kappa shape index (κ3) is 2.40. The summed E-state index contributed by atoms with van der Waals surface area (Å²) in [4.78, 5) is 0. The lowest BCUT2D eigenvalue weighted by Gasteiger charge is -2.18. The summed E-state index contributed by atoms with van der Waals surface area (Å²) in [6.07, 6.45) is 1.62. The van der Waals surface area contributed by atoms with Gasteiger partial charge in [-0.3, -0.25) is 4.68 Å². The van der Waals surface area contributed by atoms with Crippen LogP contribution in [0, 0.1) is 5.82 Å². The zero-order chi connectivity index (χ0) is 13.1. The number of nitrogens with one attached hydrogen (secondary N) is 1. The van der Waals surface area contributed by atoms with E-state index in [-0.39, 0.29) is 11.9 Å². The van der Waals surface area contributed by atoms with Crippen LogP contribution in [0.1, 0.15) is 24.2 Å². The molecular weight excluding hydrogens is 253 g/mol. The molecule has 0 spiro atoms. The highest BCUT2D eigenvalue weighted by molar-refractivity contribution is 6.31. The number of nitrogens with zero attached hydrogens (tertiary/aromatic N) is 2. The zero-order valence-electron chi connectivity index (χ0n) is 10.3. The molecule has 18 heavy (non-hydrogen) atoms. The first-order chi connectivity index (χ1) is 8.67. The highest BCUT2D eigenvalue weighted by Gasteiger charge is 2.20. The minimum atomic E-state index is -0.258. The summed E-state index contributed by atoms with van der Waals surface area (Å²) in [5, 5.41) is 7.94. The molecule has 3 nitrogen and oxygen atoms in total. The van der Waals surface area contributed by atoms with Gasteiger partial charge in [0.1, 0.15) is 5.82 Å². The topological polar surface area (TPSA) is 29.9 Å². The Morgan fingerprint density at radius 2 is 2.28 bits per heavy atom. The van der Waals surface area contributed by atoms with Gasteiger partial charge in [0.05, 0.1) is 23.0 Å². The molecule has 0 fully saturated rings. The van der Waals surface area contributed by atoms with E-state index < -0.39 is 0 Å². The minimum absolute atomic E-state index is 0.171. The number of benzene rings is 1. The Morgan fingerprint density at radius 1 is 1.50 bits per heavy atom. The summed E-state index contributed by atoms with van der Waals surface area (Å²) in [5.74, 6) is -0.258. The number of rotatable bonds is 4. The van der Waals surface area contributed by atoms with Crippen molar-refractivity contribution in [3.8, 4) is 0 Å². The van der Waals surface area contributed by atoms with Gasteiger partial charge in [-0.1, -0.05) is 23.7 Å². The van der Waals surface area contributed by atoms with Crippen LogP contribution in [0.5, 0.6) is 0 Å². The maximum atomic E-state index is 13.3. The second-order valence-corrected chi connectivity index (χ2v) is 4.38. The molecule has 0 radical (unpaired) electrons. The van der Waals surface area contributed by atoms with Crippen LogP contribution < -0.4 is 5.32 Å². The lowest BCUT2D eigenvalue weighted by atomic mass is 10.0. The molecule has 0 aliphatic carbocycles. The molecular formula is C13H15ClFN3. The van der Waals surface area contributed by atoms with Crippen molar-refractivity contribution in [3.63, 3.8) is 0 Å². The van der Waals surface area contributed by atoms with Gasteiger partial charge < -0.3 is 5.32 Å². The SMILES string of the molecule is CCn1ncc(Cl)c1C(NC)c1cccc(F)c1. The zero-order valence-corrected chi connectivity index (χ0v) is 11.1. The van der Waals surface area contributed by atoms with Gasteiger partial charge in [0, 0.05) is 6.54 Å². The van der Waals surface area contributed by atoms with Crippen molar-refractivity contribution < 1.29 is 4.39 Å². The lowest BCUT2D eigenvalue weighted by molar-refractivity contribution is 0.558. The molecule has 1 aromatic heterocycles. The summed E-state index contributed by atoms with van der Waals surface area (Å²) in [5.41, 5.74) is 1.68. The van der Waals surface area contributed by atoms with Crippen molar-refractivity contribution >= 4 is 11.6 Å². The Balaban J connectivity index is 2.48. The summed E-state index contributed by atoms with van der Waals surface area (Å²) < 4.78 is 15.1. The molecule has 1 heterocycles. The van der Waals surface area contributed by atoms with Crippen molar-refractivity contribution in [1.82, 2.24) is 15.1 Å². The average Bonchev–Trinajstić information content (AvgIpc) is 2.72. The molecule has 1 aromatic carbocycles. The first-order valence-corrected chi connectivity index (χ1v) is 6.19. The van der Waals surface area contributed by atoms with Crippen LogP contribution in [0.15, 0.2) is 30.5 Å². The Bertz CT molecular complexity index is 539. The van der Waals surface area contributed by atoms with E-state index in [0.29, 0.717) is 5.02 Å². The highest BCUT2D eigenvalue weighted by atomic mass is 35.5. The molecule has 1 N–H and O–H groups in total. The van der Waals surface area contributed by atoms with Crippen molar-refractivity contribution in [3.05, 3.63) is 52.6 Å². The van der Waals surface area contributed by atoms with Crippen molar-refractivity contribution in [2.45, 2.75) is 19.5 Å². The Morgan fingerprint density at radius 3 is 2.89 bits per heavy atom. The molecule has 0 bridgehead atoms. The monoisotopic (exact) mass is 267 g/mol. The highest BCUT2D eigenvalue weighted by Crippen LogP contribution is 2.28. The van der Waals surface area contributed by atoms with Crippen LogP contribution in [0.4, 0.5) is 4.39 Å². The molecule has 0 saturated carbocycles. The third-order valence-corrected chi connectivity index (χ3v) is 3.17. The molecule has 1 unspecified atom stereocenters. The van der Waals surface area contributed by atoms with Gasteiger partial charge in [-0.15, -0.1) is 0 Å². The van der Waals surface area contributed by atoms with Gasteiger partial charge in [0.25, 0.3) is 0 Å². The van der Waals surface area contributed by atoms with Crippen LogP contribution in [-0.2, 0) is 6.54 Å². The minimum Gasteiger partial charge on any atom is -0.308 e. The van der Waals surface area contributed by atoms with Gasteiger partial charge in [0.15, 0.2) is 0 Å². The summed E-state index contributed by atoms with van der Waals surface area (Å²) in [7, 11) is 1.82. The maximum Gasteiger partial charge on any atom is 0.123 e. The fourth-order valence-corrected chi connectivity index (χ4v) is 2.31. The average molecular weight is 268 g/mol. The number of aromatic nitrogens is 2. The van der Waals surface area contributed by atoms with Gasteiger partial charge >= 0.3 is 0 Å². The second kappa shape index (κ2) is 5.50. The molecule has 1 atom stereocenters. The van der Waals surface area contributed by atoms with E-state index in [1.54, 1.807) is 12.3 Å². The largest absolute Gasteiger partial charge is 0.308 e. The molecule has 2 rings (SSSR count). The van der Waals surface area contributed by atoms with Crippen LogP contribution in [0.3, 0.4) is 0 Å². The van der Waals surface area contributed by atoms with E-state index in [2.05, 4.69) is 10.4 Å². The number of hydrogen-bond acceptors (Lipinski definition) is 2. The van der Waals surface area contributed by atoms with Gasteiger partial charge in [-0.2, -0.15) is 5.10 Å². The fourth-order valence-electron chi connectivity index (χ4n) is 2.06. The van der Waals surface area contributed by atoms with Crippen LogP contribution in [-0.4, -0.2) is 16.8 Å². The van der Waals surface area contributed by atoms with E-state index in [4.69, 9.17) is 11.6 Å². The van der Waals surface area contributed by atoms with Crippen LogP contribution >= 0.6 is 11.6 Å². The molecule has 5 heteroatoms. The lowest BCUT2D eigenvalue weighted by Crippen LogP contribution is -2.21. The predicted molar refractivity (Wildman–Crippen MR) is 70.2 cm³/mol. The predicted octanol–water partition coefficient (Wildman–Crippen LogP) is 3.00. The Kier molecular flexibility index (Phi) is 3.99. The number of hydrogen-bond donors (Lipinski definition) is 1. The summed E-state index contributed by atoms with van der Waals surface area (Å²) in [6, 6.07) is 6.32. The van der Waals surface area contributed by atoms with Crippen LogP contribution in [0.25, 0.3) is 0 Å². The molecule has 0 amide bonds. The van der Waals surface area contributed by atoms with Crippen molar-refractivity contribution in [1.29, 1.82) is 0 Å². The van der Waals surface area contributed by atoms with Crippen molar-refractivity contribution in [2.24, 2.45) is 0 Å². The maximum absolute atomic E-state index is 13.3. The Hall–Kier alpha value is -1.39. The summed E-state index contributed by atoms with van der Waals surface area (Å²) >= 11 is 6.17. The molecule has 96 valence electrons. The van der Waals surface area contributed by atoms with Crippen LogP contribution in [0.2, 0.25) is 5.02 Å². The van der Waals surface area contributed by atoms with E-state index in [9.17, 15) is 4.39 Å². The van der Waals surface area contributed by atoms with Gasteiger partial charge in [-0.05, 0) is 31.7 Å². The quantitative estimate of drug-likeness (QED) is 0.923. The molecule has 0 saturated heterocycles. The van der Waals surface area contributed by atoms with Crippen molar-refractivity contribution in [2.75, 3.05) is 7.05 Å². The molecule has 0 aliphatic heterocycles. The normalized spacial score (nSPS) is 12.7. The second-order valence-electron chi connectivity index (χ2n) is 3.97. The van der Waals surface area contributed by atoms with E-state index in [1.807, 2.05) is 24.7 Å². The number of halogens is 2.